The third kappa shape index (κ3) is 6.64. The van der Waals surface area contributed by atoms with Gasteiger partial charge in [-0.15, -0.1) is 0 Å². The smallest absolute Gasteiger partial charge is 0.305 e. The third-order valence-electron chi connectivity index (χ3n) is 4.38. The molecule has 0 amide bonds. The summed E-state index contributed by atoms with van der Waals surface area (Å²) in [5.41, 5.74) is 3.58. The lowest BCUT2D eigenvalue weighted by atomic mass is 9.78. The minimum Gasteiger partial charge on any atom is -0.496 e. The number of ether oxygens (including phenoxy) is 2. The van der Waals surface area contributed by atoms with Crippen molar-refractivity contribution in [3.63, 3.8) is 0 Å². The van der Waals surface area contributed by atoms with Gasteiger partial charge in [0.25, 0.3) is 0 Å². The first-order valence-electron chi connectivity index (χ1n) is 9.49. The molecule has 1 rings (SSSR count). The van der Waals surface area contributed by atoms with Crippen molar-refractivity contribution < 1.29 is 19.4 Å². The number of carbonyl (C=O) groups excluding carboxylic acids is 1. The van der Waals surface area contributed by atoms with Crippen LogP contribution >= 0.6 is 0 Å². The summed E-state index contributed by atoms with van der Waals surface area (Å²) in [5.74, 6) is 0.774. The fourth-order valence-corrected chi connectivity index (χ4v) is 2.93. The van der Waals surface area contributed by atoms with Gasteiger partial charge >= 0.3 is 5.97 Å². The van der Waals surface area contributed by atoms with Crippen LogP contribution in [0.1, 0.15) is 77.5 Å². The number of methoxy groups -OCH3 is 1. The molecule has 0 fully saturated rings. The lowest BCUT2D eigenvalue weighted by Gasteiger charge is -2.30. The van der Waals surface area contributed by atoms with E-state index in [0.717, 1.165) is 18.6 Å². The first-order chi connectivity index (χ1) is 12.0. The summed E-state index contributed by atoms with van der Waals surface area (Å²) in [6.45, 7) is 13.5. The number of hydrogen-bond acceptors (Lipinski definition) is 4. The normalized spacial score (nSPS) is 12.2. The van der Waals surface area contributed by atoms with Gasteiger partial charge in [-0.2, -0.15) is 0 Å². The maximum atomic E-state index is 11.7. The predicted octanol–water partition coefficient (Wildman–Crippen LogP) is 4.54. The first-order valence-corrected chi connectivity index (χ1v) is 9.49. The molecule has 0 aromatic heterocycles. The number of benzene rings is 1. The molecule has 0 aliphatic heterocycles. The fourth-order valence-electron chi connectivity index (χ4n) is 2.93. The van der Waals surface area contributed by atoms with E-state index in [1.807, 2.05) is 0 Å². The molecule has 0 aliphatic rings. The molecule has 1 aromatic rings. The van der Waals surface area contributed by atoms with Crippen molar-refractivity contribution in [2.45, 2.75) is 78.1 Å². The highest BCUT2D eigenvalue weighted by molar-refractivity contribution is 5.69. The molecular formula is C22H36O4. The van der Waals surface area contributed by atoms with Crippen LogP contribution in [0.5, 0.6) is 5.75 Å². The third-order valence-corrected chi connectivity index (χ3v) is 4.38. The van der Waals surface area contributed by atoms with Gasteiger partial charge in [-0.05, 0) is 29.2 Å². The Labute approximate surface area is 158 Å². The maximum absolute atomic E-state index is 11.7. The Balaban J connectivity index is 2.97. The number of esters is 1. The lowest BCUT2D eigenvalue weighted by Crippen LogP contribution is -2.19. The average Bonchev–Trinajstić information content (AvgIpc) is 2.52. The lowest BCUT2D eigenvalue weighted by molar-refractivity contribution is -0.144. The van der Waals surface area contributed by atoms with Crippen LogP contribution in [0.25, 0.3) is 0 Å². The number of aryl methyl sites for hydroxylation is 1. The van der Waals surface area contributed by atoms with Gasteiger partial charge in [-0.25, -0.2) is 0 Å². The van der Waals surface area contributed by atoms with Gasteiger partial charge in [0.05, 0.1) is 13.7 Å². The van der Waals surface area contributed by atoms with Crippen molar-refractivity contribution in [3.05, 3.63) is 28.8 Å². The van der Waals surface area contributed by atoms with Crippen LogP contribution < -0.4 is 4.74 Å². The first kappa shape index (κ1) is 22.5. The minimum atomic E-state index is -0.195. The van der Waals surface area contributed by atoms with E-state index >= 15 is 0 Å². The summed E-state index contributed by atoms with van der Waals surface area (Å²) < 4.78 is 10.9. The van der Waals surface area contributed by atoms with E-state index in [2.05, 4.69) is 53.7 Å². The summed E-state index contributed by atoms with van der Waals surface area (Å²) in [7, 11) is 1.74. The highest BCUT2D eigenvalue weighted by atomic mass is 16.5. The Morgan fingerprint density at radius 3 is 1.96 bits per heavy atom. The quantitative estimate of drug-likeness (QED) is 0.543. The molecule has 4 heteroatoms. The van der Waals surface area contributed by atoms with Gasteiger partial charge < -0.3 is 14.6 Å². The van der Waals surface area contributed by atoms with Gasteiger partial charge in [0.15, 0.2) is 0 Å². The molecule has 148 valence electrons. The molecule has 0 atom stereocenters. The zero-order valence-electron chi connectivity index (χ0n) is 17.6. The van der Waals surface area contributed by atoms with Crippen molar-refractivity contribution >= 4 is 5.97 Å². The average molecular weight is 365 g/mol. The van der Waals surface area contributed by atoms with Crippen LogP contribution in [0.3, 0.4) is 0 Å². The van der Waals surface area contributed by atoms with Crippen molar-refractivity contribution in [1.29, 1.82) is 0 Å². The maximum Gasteiger partial charge on any atom is 0.305 e. The number of aliphatic hydroxyl groups excluding tert-OH is 1. The molecule has 0 heterocycles. The van der Waals surface area contributed by atoms with Gasteiger partial charge in [-0.3, -0.25) is 4.79 Å². The number of aliphatic hydroxyl groups is 1. The molecule has 0 aliphatic carbocycles. The summed E-state index contributed by atoms with van der Waals surface area (Å²) in [6, 6.07) is 4.43. The van der Waals surface area contributed by atoms with E-state index in [-0.39, 0.29) is 23.4 Å². The van der Waals surface area contributed by atoms with Crippen LogP contribution in [0.2, 0.25) is 0 Å². The largest absolute Gasteiger partial charge is 0.496 e. The van der Waals surface area contributed by atoms with Crippen molar-refractivity contribution in [2.75, 3.05) is 20.3 Å². The molecular weight excluding hydrogens is 328 g/mol. The number of rotatable bonds is 8. The Kier molecular flexibility index (Phi) is 8.14. The SMILES string of the molecule is COc1c(C(C)(C)C)cc(CCCC(=O)OCCCO)cc1C(C)(C)C. The van der Waals surface area contributed by atoms with Gasteiger partial charge in [0.2, 0.25) is 0 Å². The summed E-state index contributed by atoms with van der Waals surface area (Å²) in [5, 5.41) is 8.73. The monoisotopic (exact) mass is 364 g/mol. The summed E-state index contributed by atoms with van der Waals surface area (Å²) >= 11 is 0. The second-order valence-electron chi connectivity index (χ2n) is 8.88. The van der Waals surface area contributed by atoms with Crippen LogP contribution in [0.4, 0.5) is 0 Å². The van der Waals surface area contributed by atoms with Gasteiger partial charge in [0.1, 0.15) is 5.75 Å². The second kappa shape index (κ2) is 9.40. The van der Waals surface area contributed by atoms with E-state index in [1.165, 1.54) is 16.7 Å². The van der Waals surface area contributed by atoms with Crippen LogP contribution in [-0.2, 0) is 26.8 Å². The zero-order valence-corrected chi connectivity index (χ0v) is 17.6. The Morgan fingerprint density at radius 1 is 1.00 bits per heavy atom. The van der Waals surface area contributed by atoms with Gasteiger partial charge in [0, 0.05) is 30.6 Å². The summed E-state index contributed by atoms with van der Waals surface area (Å²) in [4.78, 5) is 11.7. The Morgan fingerprint density at radius 2 is 1.54 bits per heavy atom. The molecule has 0 radical (unpaired) electrons. The molecule has 26 heavy (non-hydrogen) atoms. The highest BCUT2D eigenvalue weighted by Gasteiger charge is 2.27. The van der Waals surface area contributed by atoms with E-state index in [9.17, 15) is 4.79 Å². The van der Waals surface area contributed by atoms with Crippen molar-refractivity contribution in [3.8, 4) is 5.75 Å². The molecule has 4 nitrogen and oxygen atoms in total. The van der Waals surface area contributed by atoms with E-state index in [4.69, 9.17) is 14.6 Å². The van der Waals surface area contributed by atoms with E-state index in [1.54, 1.807) is 7.11 Å². The second-order valence-corrected chi connectivity index (χ2v) is 8.88. The number of hydrogen-bond donors (Lipinski definition) is 1. The molecule has 0 unspecified atom stereocenters. The van der Waals surface area contributed by atoms with Crippen molar-refractivity contribution in [2.24, 2.45) is 0 Å². The minimum absolute atomic E-state index is 0.0232. The zero-order chi connectivity index (χ0) is 20.0. The Hall–Kier alpha value is -1.55. The molecule has 1 N–H and O–H groups in total. The molecule has 1 aromatic carbocycles. The van der Waals surface area contributed by atoms with E-state index < -0.39 is 0 Å². The Bertz CT molecular complexity index is 556. The topological polar surface area (TPSA) is 55.8 Å². The van der Waals surface area contributed by atoms with Crippen LogP contribution in [0.15, 0.2) is 12.1 Å². The highest BCUT2D eigenvalue weighted by Crippen LogP contribution is 2.40. The molecule has 0 bridgehead atoms. The van der Waals surface area contributed by atoms with Crippen LogP contribution in [-0.4, -0.2) is 31.4 Å². The standard InChI is InChI=1S/C22H36O4/c1-21(2,3)17-14-16(10-8-11-19(24)26-13-9-12-23)15-18(20(17)25-7)22(4,5)6/h14-15,23H,8-13H2,1-7H3. The molecule has 0 saturated heterocycles. The van der Waals surface area contributed by atoms with Crippen LogP contribution in [0, 0.1) is 0 Å². The molecule has 0 saturated carbocycles. The van der Waals surface area contributed by atoms with Crippen molar-refractivity contribution in [1.82, 2.24) is 0 Å². The summed E-state index contributed by atoms with van der Waals surface area (Å²) in [6.07, 6.45) is 2.46. The predicted molar refractivity (Wildman–Crippen MR) is 106 cm³/mol. The molecule has 0 spiro atoms. The fraction of sp³-hybridized carbons (Fsp3) is 0.682. The van der Waals surface area contributed by atoms with Gasteiger partial charge in [-0.1, -0.05) is 53.7 Å². The number of carbonyl (C=O) groups is 1. The van der Waals surface area contributed by atoms with E-state index in [0.29, 0.717) is 19.4 Å².